The van der Waals surface area contributed by atoms with E-state index in [1.807, 2.05) is 18.2 Å². The van der Waals surface area contributed by atoms with Crippen molar-refractivity contribution in [1.29, 1.82) is 0 Å². The maximum atomic E-state index is 11.0. The second-order valence-electron chi connectivity index (χ2n) is 4.55. The minimum absolute atomic E-state index is 0.0377. The molecule has 3 rings (SSSR count). The van der Waals surface area contributed by atoms with Crippen molar-refractivity contribution < 1.29 is 19.4 Å². The number of nitrogens with one attached hydrogen (secondary N) is 1. The number of ether oxygens (including phenoxy) is 2. The van der Waals surface area contributed by atoms with Gasteiger partial charge in [0.1, 0.15) is 19.3 Å². The fraction of sp³-hybridized carbons (Fsp3) is 0.462. The van der Waals surface area contributed by atoms with Crippen LogP contribution in [0.25, 0.3) is 0 Å². The van der Waals surface area contributed by atoms with Crippen LogP contribution in [0.3, 0.4) is 0 Å². The van der Waals surface area contributed by atoms with Gasteiger partial charge in [-0.2, -0.15) is 11.8 Å². The Morgan fingerprint density at radius 1 is 1.26 bits per heavy atom. The highest BCUT2D eigenvalue weighted by Crippen LogP contribution is 2.34. The van der Waals surface area contributed by atoms with Crippen LogP contribution in [-0.4, -0.2) is 41.8 Å². The third-order valence-corrected chi connectivity index (χ3v) is 4.38. The fourth-order valence-electron chi connectivity index (χ4n) is 2.25. The Morgan fingerprint density at radius 3 is 2.84 bits per heavy atom. The maximum absolute atomic E-state index is 11.0. The zero-order valence-electron chi connectivity index (χ0n) is 10.3. The van der Waals surface area contributed by atoms with Crippen molar-refractivity contribution in [2.75, 3.05) is 24.7 Å². The Hall–Kier alpha value is -1.40. The highest BCUT2D eigenvalue weighted by Gasteiger charge is 2.28. The third kappa shape index (κ3) is 2.64. The fourth-order valence-corrected chi connectivity index (χ4v) is 3.39. The van der Waals surface area contributed by atoms with Gasteiger partial charge in [-0.25, -0.2) is 0 Å². The van der Waals surface area contributed by atoms with Crippen LogP contribution < -0.4 is 14.8 Å². The molecule has 2 aliphatic rings. The number of aliphatic carboxylic acids is 1. The van der Waals surface area contributed by atoms with Crippen molar-refractivity contribution in [3.63, 3.8) is 0 Å². The molecule has 102 valence electrons. The van der Waals surface area contributed by atoms with E-state index < -0.39 is 12.0 Å². The average Bonchev–Trinajstić information content (AvgIpc) is 2.47. The van der Waals surface area contributed by atoms with Gasteiger partial charge in [0.15, 0.2) is 11.5 Å². The zero-order chi connectivity index (χ0) is 13.2. The standard InChI is InChI=1S/C13H15NO4S/c15-13(16)10-7-19-6-9(14-10)8-1-2-11-12(5-8)18-4-3-17-11/h1-2,5,9-10,14H,3-4,6-7H2,(H,15,16). The summed E-state index contributed by atoms with van der Waals surface area (Å²) in [7, 11) is 0. The first-order chi connectivity index (χ1) is 9.24. The van der Waals surface area contributed by atoms with E-state index in [-0.39, 0.29) is 6.04 Å². The molecule has 1 saturated heterocycles. The minimum atomic E-state index is -0.797. The summed E-state index contributed by atoms with van der Waals surface area (Å²) in [4.78, 5) is 11.0. The average molecular weight is 281 g/mol. The van der Waals surface area contributed by atoms with E-state index in [9.17, 15) is 4.79 Å². The highest BCUT2D eigenvalue weighted by molar-refractivity contribution is 7.99. The van der Waals surface area contributed by atoms with Crippen molar-refractivity contribution in [2.24, 2.45) is 0 Å². The molecule has 0 saturated carbocycles. The molecule has 2 atom stereocenters. The summed E-state index contributed by atoms with van der Waals surface area (Å²) in [5.41, 5.74) is 1.04. The summed E-state index contributed by atoms with van der Waals surface area (Å²) in [5, 5.41) is 12.2. The van der Waals surface area contributed by atoms with Gasteiger partial charge in [0, 0.05) is 17.5 Å². The zero-order valence-corrected chi connectivity index (χ0v) is 11.1. The van der Waals surface area contributed by atoms with E-state index in [1.54, 1.807) is 11.8 Å². The Morgan fingerprint density at radius 2 is 2.05 bits per heavy atom. The number of hydrogen-bond donors (Lipinski definition) is 2. The number of benzene rings is 1. The molecule has 6 heteroatoms. The van der Waals surface area contributed by atoms with Crippen LogP contribution in [0, 0.1) is 0 Å². The van der Waals surface area contributed by atoms with E-state index in [2.05, 4.69) is 5.32 Å². The normalized spacial score (nSPS) is 25.9. The molecule has 0 spiro atoms. The Bertz CT molecular complexity index is 494. The summed E-state index contributed by atoms with van der Waals surface area (Å²) < 4.78 is 11.0. The molecule has 1 fully saturated rings. The van der Waals surface area contributed by atoms with Gasteiger partial charge in [0.25, 0.3) is 0 Å². The lowest BCUT2D eigenvalue weighted by Crippen LogP contribution is -2.45. The van der Waals surface area contributed by atoms with E-state index in [4.69, 9.17) is 14.6 Å². The maximum Gasteiger partial charge on any atom is 0.321 e. The lowest BCUT2D eigenvalue weighted by molar-refractivity contribution is -0.139. The Labute approximate surface area is 115 Å². The second-order valence-corrected chi connectivity index (χ2v) is 5.63. The highest BCUT2D eigenvalue weighted by atomic mass is 32.2. The Kier molecular flexibility index (Phi) is 3.52. The molecule has 1 aromatic rings. The molecule has 1 aromatic carbocycles. The van der Waals surface area contributed by atoms with E-state index >= 15 is 0 Å². The lowest BCUT2D eigenvalue weighted by Gasteiger charge is -2.29. The van der Waals surface area contributed by atoms with Crippen LogP contribution in [0.15, 0.2) is 18.2 Å². The molecule has 0 radical (unpaired) electrons. The number of hydrogen-bond acceptors (Lipinski definition) is 5. The SMILES string of the molecule is O=C(O)C1CSCC(c2ccc3c(c2)OCCO3)N1. The molecule has 0 aromatic heterocycles. The molecule has 2 unspecified atom stereocenters. The number of fused-ring (bicyclic) bond motifs is 1. The van der Waals surface area contributed by atoms with Crippen LogP contribution in [0.1, 0.15) is 11.6 Å². The molecular formula is C13H15NO4S. The Balaban J connectivity index is 1.79. The lowest BCUT2D eigenvalue weighted by atomic mass is 10.1. The third-order valence-electron chi connectivity index (χ3n) is 3.24. The number of carbonyl (C=O) groups is 1. The van der Waals surface area contributed by atoms with Crippen molar-refractivity contribution in [3.05, 3.63) is 23.8 Å². The molecule has 0 aliphatic carbocycles. The molecule has 2 aliphatic heterocycles. The van der Waals surface area contributed by atoms with Gasteiger partial charge in [0.2, 0.25) is 0 Å². The topological polar surface area (TPSA) is 67.8 Å². The van der Waals surface area contributed by atoms with Gasteiger partial charge < -0.3 is 14.6 Å². The summed E-state index contributed by atoms with van der Waals surface area (Å²) >= 11 is 1.66. The first kappa shape index (κ1) is 12.6. The van der Waals surface area contributed by atoms with Crippen molar-refractivity contribution >= 4 is 17.7 Å². The largest absolute Gasteiger partial charge is 0.486 e. The summed E-state index contributed by atoms with van der Waals surface area (Å²) in [6, 6.07) is 5.35. The van der Waals surface area contributed by atoms with Gasteiger partial charge in [0.05, 0.1) is 0 Å². The van der Waals surface area contributed by atoms with Gasteiger partial charge in [-0.05, 0) is 17.7 Å². The molecule has 5 nitrogen and oxygen atoms in total. The molecule has 19 heavy (non-hydrogen) atoms. The number of rotatable bonds is 2. The number of thioether (sulfide) groups is 1. The predicted octanol–water partition coefficient (Wildman–Crippen LogP) is 1.29. The van der Waals surface area contributed by atoms with Crippen LogP contribution in [0.2, 0.25) is 0 Å². The number of carboxylic acid groups (broad SMARTS) is 1. The van der Waals surface area contributed by atoms with E-state index in [1.165, 1.54) is 0 Å². The van der Waals surface area contributed by atoms with Crippen LogP contribution in [0.4, 0.5) is 0 Å². The first-order valence-electron chi connectivity index (χ1n) is 6.20. The van der Waals surface area contributed by atoms with E-state index in [0.29, 0.717) is 19.0 Å². The minimum Gasteiger partial charge on any atom is -0.486 e. The second kappa shape index (κ2) is 5.30. The van der Waals surface area contributed by atoms with Gasteiger partial charge in [-0.1, -0.05) is 6.07 Å². The monoisotopic (exact) mass is 281 g/mol. The van der Waals surface area contributed by atoms with Gasteiger partial charge in [-0.15, -0.1) is 0 Å². The van der Waals surface area contributed by atoms with Crippen LogP contribution in [-0.2, 0) is 4.79 Å². The summed E-state index contributed by atoms with van der Waals surface area (Å²) in [6.07, 6.45) is 0. The summed E-state index contributed by atoms with van der Waals surface area (Å²) in [6.45, 7) is 1.13. The number of carboxylic acids is 1. The first-order valence-corrected chi connectivity index (χ1v) is 7.35. The van der Waals surface area contributed by atoms with Crippen molar-refractivity contribution in [3.8, 4) is 11.5 Å². The molecule has 0 amide bonds. The van der Waals surface area contributed by atoms with Gasteiger partial charge >= 0.3 is 5.97 Å². The van der Waals surface area contributed by atoms with Crippen molar-refractivity contribution in [2.45, 2.75) is 12.1 Å². The summed E-state index contributed by atoms with van der Waals surface area (Å²) in [5.74, 6) is 2.18. The molecule has 2 N–H and O–H groups in total. The van der Waals surface area contributed by atoms with Gasteiger partial charge in [-0.3, -0.25) is 10.1 Å². The predicted molar refractivity (Wildman–Crippen MR) is 72.1 cm³/mol. The molecular weight excluding hydrogens is 266 g/mol. The molecule has 2 heterocycles. The molecule has 0 bridgehead atoms. The quantitative estimate of drug-likeness (QED) is 0.851. The van der Waals surface area contributed by atoms with Crippen LogP contribution in [0.5, 0.6) is 11.5 Å². The van der Waals surface area contributed by atoms with Crippen molar-refractivity contribution in [1.82, 2.24) is 5.32 Å². The van der Waals surface area contributed by atoms with Crippen LogP contribution >= 0.6 is 11.8 Å². The smallest absolute Gasteiger partial charge is 0.321 e. The van der Waals surface area contributed by atoms with E-state index in [0.717, 1.165) is 22.8 Å².